The number of rotatable bonds is 12. The minimum atomic E-state index is -4.26. The van der Waals surface area contributed by atoms with Gasteiger partial charge in [-0.2, -0.15) is 0 Å². The van der Waals surface area contributed by atoms with Crippen LogP contribution >= 0.6 is 23.2 Å². The maximum absolute atomic E-state index is 14.1. The SMILES string of the molecule is CCOc1ccccc1N(CC(=O)N(Cc1cccc(Cl)c1)[C@H](C)C(=O)NC1CCCC1)S(=O)(=O)c1ccc(Cl)cc1. The largest absolute Gasteiger partial charge is 0.492 e. The van der Waals surface area contributed by atoms with Crippen molar-refractivity contribution in [2.75, 3.05) is 17.5 Å². The number of para-hydroxylation sites is 2. The van der Waals surface area contributed by atoms with Crippen LogP contribution in [0.15, 0.2) is 77.7 Å². The van der Waals surface area contributed by atoms with Crippen molar-refractivity contribution in [3.05, 3.63) is 88.4 Å². The van der Waals surface area contributed by atoms with Gasteiger partial charge in [-0.3, -0.25) is 13.9 Å². The number of anilines is 1. The Morgan fingerprint density at radius 3 is 2.33 bits per heavy atom. The highest BCUT2D eigenvalue weighted by Crippen LogP contribution is 2.33. The number of carbonyl (C=O) groups excluding carboxylic acids is 2. The number of ether oxygens (including phenoxy) is 1. The Kier molecular flexibility index (Phi) is 10.8. The fourth-order valence-corrected chi connectivity index (χ4v) is 6.76. The first-order valence-electron chi connectivity index (χ1n) is 13.9. The number of carbonyl (C=O) groups is 2. The number of nitrogens with zero attached hydrogens (tertiary/aromatic N) is 2. The predicted octanol–water partition coefficient (Wildman–Crippen LogP) is 6.06. The van der Waals surface area contributed by atoms with Crippen LogP contribution in [0.1, 0.15) is 45.1 Å². The van der Waals surface area contributed by atoms with E-state index in [9.17, 15) is 18.0 Å². The lowest BCUT2D eigenvalue weighted by Crippen LogP contribution is -2.52. The molecule has 0 heterocycles. The van der Waals surface area contributed by atoms with E-state index in [1.807, 2.05) is 0 Å². The van der Waals surface area contributed by atoms with Gasteiger partial charge in [-0.15, -0.1) is 0 Å². The summed E-state index contributed by atoms with van der Waals surface area (Å²) in [4.78, 5) is 28.8. The van der Waals surface area contributed by atoms with Crippen LogP contribution in [0.2, 0.25) is 10.0 Å². The van der Waals surface area contributed by atoms with E-state index in [0.717, 1.165) is 30.0 Å². The number of hydrogen-bond acceptors (Lipinski definition) is 5. The third-order valence-corrected chi connectivity index (χ3v) is 9.49. The topological polar surface area (TPSA) is 96.0 Å². The fourth-order valence-electron chi connectivity index (χ4n) is 4.99. The molecule has 0 unspecified atom stereocenters. The molecule has 1 fully saturated rings. The molecule has 3 aromatic carbocycles. The molecular weight excluding hydrogens is 597 g/mol. The molecule has 0 bridgehead atoms. The van der Waals surface area contributed by atoms with Gasteiger partial charge in [0.15, 0.2) is 0 Å². The van der Waals surface area contributed by atoms with Crippen LogP contribution in [-0.4, -0.2) is 50.4 Å². The molecule has 1 aliphatic carbocycles. The van der Waals surface area contributed by atoms with Crippen molar-refractivity contribution in [2.24, 2.45) is 0 Å². The molecule has 0 saturated heterocycles. The average Bonchev–Trinajstić information content (AvgIpc) is 3.48. The zero-order valence-corrected chi connectivity index (χ0v) is 26.0. The highest BCUT2D eigenvalue weighted by atomic mass is 35.5. The molecule has 2 amide bonds. The van der Waals surface area contributed by atoms with Gasteiger partial charge in [-0.1, -0.05) is 60.3 Å². The molecule has 1 saturated carbocycles. The van der Waals surface area contributed by atoms with Crippen molar-refractivity contribution in [3.8, 4) is 5.75 Å². The van der Waals surface area contributed by atoms with Crippen molar-refractivity contribution < 1.29 is 22.7 Å². The summed E-state index contributed by atoms with van der Waals surface area (Å²) in [6, 6.07) is 18.6. The van der Waals surface area contributed by atoms with E-state index in [0.29, 0.717) is 28.0 Å². The monoisotopic (exact) mass is 631 g/mol. The van der Waals surface area contributed by atoms with Gasteiger partial charge in [0.05, 0.1) is 17.2 Å². The Balaban J connectivity index is 1.72. The summed E-state index contributed by atoms with van der Waals surface area (Å²) in [5, 5.41) is 3.92. The molecule has 3 aromatic rings. The average molecular weight is 633 g/mol. The number of benzene rings is 3. The Labute approximate surface area is 257 Å². The van der Waals surface area contributed by atoms with Gasteiger partial charge in [0.2, 0.25) is 11.8 Å². The quantitative estimate of drug-likeness (QED) is 0.262. The number of halogens is 2. The molecule has 4 rings (SSSR count). The minimum absolute atomic E-state index is 0.0422. The molecular formula is C31H35Cl2N3O5S. The third-order valence-electron chi connectivity index (χ3n) is 7.23. The van der Waals surface area contributed by atoms with E-state index >= 15 is 0 Å². The standard InChI is InChI=1S/C31H35Cl2N3O5S/c1-3-41-29-14-7-6-13-28(29)36(42(39,40)27-17-15-24(32)16-18-27)21-30(37)35(20-23-9-8-10-25(33)19-23)22(2)31(38)34-26-11-4-5-12-26/h6-10,13-19,22,26H,3-5,11-12,20-21H2,1-2H3,(H,34,38)/t22-/m1/s1. The van der Waals surface area contributed by atoms with Gasteiger partial charge in [-0.05, 0) is 80.8 Å². The van der Waals surface area contributed by atoms with Gasteiger partial charge in [0, 0.05) is 22.6 Å². The first-order chi connectivity index (χ1) is 20.1. The van der Waals surface area contributed by atoms with E-state index in [-0.39, 0.29) is 29.1 Å². The van der Waals surface area contributed by atoms with Crippen LogP contribution in [-0.2, 0) is 26.2 Å². The zero-order chi connectivity index (χ0) is 30.3. The normalized spacial score (nSPS) is 14.3. The number of amides is 2. The molecule has 1 N–H and O–H groups in total. The van der Waals surface area contributed by atoms with Crippen molar-refractivity contribution in [1.82, 2.24) is 10.2 Å². The number of hydrogen-bond donors (Lipinski definition) is 1. The van der Waals surface area contributed by atoms with Crippen LogP contribution in [0.3, 0.4) is 0 Å². The van der Waals surface area contributed by atoms with Crippen molar-refractivity contribution >= 4 is 50.7 Å². The highest BCUT2D eigenvalue weighted by molar-refractivity contribution is 7.92. The molecule has 0 radical (unpaired) electrons. The molecule has 0 spiro atoms. The molecule has 11 heteroatoms. The maximum Gasteiger partial charge on any atom is 0.264 e. The van der Waals surface area contributed by atoms with Crippen LogP contribution in [0.25, 0.3) is 0 Å². The van der Waals surface area contributed by atoms with E-state index < -0.39 is 28.5 Å². The van der Waals surface area contributed by atoms with E-state index in [1.165, 1.54) is 29.2 Å². The van der Waals surface area contributed by atoms with Crippen LogP contribution < -0.4 is 14.4 Å². The summed E-state index contributed by atoms with van der Waals surface area (Å²) in [7, 11) is -4.26. The second-order valence-electron chi connectivity index (χ2n) is 10.2. The Morgan fingerprint density at radius 2 is 1.67 bits per heavy atom. The highest BCUT2D eigenvalue weighted by Gasteiger charge is 2.34. The zero-order valence-electron chi connectivity index (χ0n) is 23.6. The van der Waals surface area contributed by atoms with E-state index in [4.69, 9.17) is 27.9 Å². The lowest BCUT2D eigenvalue weighted by Gasteiger charge is -2.33. The summed E-state index contributed by atoms with van der Waals surface area (Å²) in [5.41, 5.74) is 0.909. The van der Waals surface area contributed by atoms with Gasteiger partial charge < -0.3 is 15.0 Å². The predicted molar refractivity (Wildman–Crippen MR) is 165 cm³/mol. The van der Waals surface area contributed by atoms with Crippen LogP contribution in [0, 0.1) is 0 Å². The van der Waals surface area contributed by atoms with Crippen LogP contribution in [0.5, 0.6) is 5.75 Å². The summed E-state index contributed by atoms with van der Waals surface area (Å²) >= 11 is 12.2. The van der Waals surface area contributed by atoms with E-state index in [1.54, 1.807) is 62.4 Å². The summed E-state index contributed by atoms with van der Waals surface area (Å²) in [5.74, 6) is -0.550. The van der Waals surface area contributed by atoms with Gasteiger partial charge in [0.1, 0.15) is 18.3 Å². The molecule has 0 aliphatic heterocycles. The van der Waals surface area contributed by atoms with Crippen molar-refractivity contribution in [2.45, 2.75) is 63.1 Å². The van der Waals surface area contributed by atoms with Gasteiger partial charge in [0.25, 0.3) is 10.0 Å². The number of sulfonamides is 1. The van der Waals surface area contributed by atoms with Crippen LogP contribution in [0.4, 0.5) is 5.69 Å². The molecule has 1 aliphatic rings. The molecule has 8 nitrogen and oxygen atoms in total. The maximum atomic E-state index is 14.1. The third kappa shape index (κ3) is 7.76. The summed E-state index contributed by atoms with van der Waals surface area (Å²) < 4.78 is 34.9. The lowest BCUT2D eigenvalue weighted by atomic mass is 10.1. The second kappa shape index (κ2) is 14.3. The Hall–Kier alpha value is -3.27. The molecule has 1 atom stereocenters. The van der Waals surface area contributed by atoms with Gasteiger partial charge >= 0.3 is 0 Å². The summed E-state index contributed by atoms with van der Waals surface area (Å²) in [6.07, 6.45) is 3.87. The molecule has 42 heavy (non-hydrogen) atoms. The van der Waals surface area contributed by atoms with Crippen molar-refractivity contribution in [1.29, 1.82) is 0 Å². The first-order valence-corrected chi connectivity index (χ1v) is 16.1. The summed E-state index contributed by atoms with van der Waals surface area (Å²) in [6.45, 7) is 3.21. The Morgan fingerprint density at radius 1 is 0.976 bits per heavy atom. The first kappa shape index (κ1) is 31.7. The molecule has 0 aromatic heterocycles. The van der Waals surface area contributed by atoms with E-state index in [2.05, 4.69) is 5.32 Å². The second-order valence-corrected chi connectivity index (χ2v) is 12.9. The van der Waals surface area contributed by atoms with Crippen molar-refractivity contribution in [3.63, 3.8) is 0 Å². The lowest BCUT2D eigenvalue weighted by molar-refractivity contribution is -0.139. The van der Waals surface area contributed by atoms with Gasteiger partial charge in [-0.25, -0.2) is 8.42 Å². The fraction of sp³-hybridized carbons (Fsp3) is 0.355. The Bertz CT molecular complexity index is 1490. The minimum Gasteiger partial charge on any atom is -0.492 e. The smallest absolute Gasteiger partial charge is 0.264 e. The number of nitrogens with one attached hydrogen (secondary N) is 1. The molecule has 224 valence electrons.